The molecule has 0 bridgehead atoms. The van der Waals surface area contributed by atoms with Gasteiger partial charge in [0.25, 0.3) is 0 Å². The molecule has 0 radical (unpaired) electrons. The average molecular weight is 229 g/mol. The summed E-state index contributed by atoms with van der Waals surface area (Å²) < 4.78 is 0. The lowest BCUT2D eigenvalue weighted by atomic mass is 9.98. The summed E-state index contributed by atoms with van der Waals surface area (Å²) in [5, 5.41) is 0. The summed E-state index contributed by atoms with van der Waals surface area (Å²) in [5.74, 6) is 0.914. The summed E-state index contributed by atoms with van der Waals surface area (Å²) >= 11 is 0. The molecule has 1 heteroatoms. The summed E-state index contributed by atoms with van der Waals surface area (Å²) in [4.78, 5) is 2.59. The maximum atomic E-state index is 2.59. The standard InChI is InChI=1S/C13H29N.C2H6/c1-6-9-10-13(7-2)11-14(8-3)12(4)5;1-2/h12-13H,6-11H2,1-5H3;1-2H3. The Morgan fingerprint density at radius 2 is 1.56 bits per heavy atom. The highest BCUT2D eigenvalue weighted by molar-refractivity contribution is 4.67. The Morgan fingerprint density at radius 3 is 1.88 bits per heavy atom. The SMILES string of the molecule is CC.CCCCC(CC)CN(CC)C(C)C. The Kier molecular flexibility index (Phi) is 14.9. The minimum atomic E-state index is 0.704. The van der Waals surface area contributed by atoms with E-state index in [1.165, 1.54) is 38.8 Å². The fourth-order valence-corrected chi connectivity index (χ4v) is 1.95. The van der Waals surface area contributed by atoms with E-state index in [1.54, 1.807) is 0 Å². The van der Waals surface area contributed by atoms with Crippen molar-refractivity contribution in [2.75, 3.05) is 13.1 Å². The van der Waals surface area contributed by atoms with E-state index < -0.39 is 0 Å². The Balaban J connectivity index is 0. The molecule has 0 aliphatic carbocycles. The molecule has 1 unspecified atom stereocenters. The van der Waals surface area contributed by atoms with Gasteiger partial charge in [-0.1, -0.05) is 53.9 Å². The van der Waals surface area contributed by atoms with Crippen molar-refractivity contribution >= 4 is 0 Å². The molecule has 0 aliphatic heterocycles. The molecule has 0 aromatic heterocycles. The first kappa shape index (κ1) is 18.3. The van der Waals surface area contributed by atoms with E-state index in [2.05, 4.69) is 39.5 Å². The molecule has 0 spiro atoms. The van der Waals surface area contributed by atoms with Gasteiger partial charge < -0.3 is 4.90 Å². The number of hydrogen-bond acceptors (Lipinski definition) is 1. The molecule has 0 aliphatic rings. The Hall–Kier alpha value is -0.0400. The van der Waals surface area contributed by atoms with Crippen LogP contribution in [0, 0.1) is 5.92 Å². The molecule has 16 heavy (non-hydrogen) atoms. The van der Waals surface area contributed by atoms with E-state index in [9.17, 15) is 0 Å². The topological polar surface area (TPSA) is 3.24 Å². The van der Waals surface area contributed by atoms with Gasteiger partial charge in [-0.3, -0.25) is 0 Å². The lowest BCUT2D eigenvalue weighted by Gasteiger charge is -2.29. The van der Waals surface area contributed by atoms with Crippen LogP contribution in [-0.2, 0) is 0 Å². The summed E-state index contributed by atoms with van der Waals surface area (Å²) in [5.41, 5.74) is 0. The van der Waals surface area contributed by atoms with Crippen LogP contribution >= 0.6 is 0 Å². The molecule has 1 atom stereocenters. The molecule has 1 nitrogen and oxygen atoms in total. The van der Waals surface area contributed by atoms with E-state index in [0.717, 1.165) is 5.92 Å². The van der Waals surface area contributed by atoms with Crippen molar-refractivity contribution in [3.05, 3.63) is 0 Å². The molecule has 0 saturated carbocycles. The number of nitrogens with zero attached hydrogens (tertiary/aromatic N) is 1. The second-order valence-corrected chi connectivity index (χ2v) is 4.60. The van der Waals surface area contributed by atoms with E-state index in [0.29, 0.717) is 6.04 Å². The van der Waals surface area contributed by atoms with Crippen molar-refractivity contribution in [3.8, 4) is 0 Å². The first-order valence-electron chi connectivity index (χ1n) is 7.39. The van der Waals surface area contributed by atoms with Crippen molar-refractivity contribution in [2.24, 2.45) is 5.92 Å². The van der Waals surface area contributed by atoms with Gasteiger partial charge >= 0.3 is 0 Å². The lowest BCUT2D eigenvalue weighted by Crippen LogP contribution is -2.35. The fraction of sp³-hybridized carbons (Fsp3) is 1.00. The molecule has 0 aromatic rings. The van der Waals surface area contributed by atoms with Gasteiger partial charge in [-0.25, -0.2) is 0 Å². The maximum Gasteiger partial charge on any atom is 0.00385 e. The third-order valence-corrected chi connectivity index (χ3v) is 3.17. The van der Waals surface area contributed by atoms with E-state index in [1.807, 2.05) is 13.8 Å². The summed E-state index contributed by atoms with van der Waals surface area (Å²) in [6, 6.07) is 0.704. The molecule has 0 aromatic carbocycles. The summed E-state index contributed by atoms with van der Waals surface area (Å²) in [6.45, 7) is 18.0. The molecular formula is C15H35N. The van der Waals surface area contributed by atoms with Crippen LogP contribution in [-0.4, -0.2) is 24.0 Å². The van der Waals surface area contributed by atoms with Crippen LogP contribution in [0.2, 0.25) is 0 Å². The molecule has 0 heterocycles. The minimum Gasteiger partial charge on any atom is -0.301 e. The third-order valence-electron chi connectivity index (χ3n) is 3.17. The minimum absolute atomic E-state index is 0.704. The van der Waals surface area contributed by atoms with Crippen molar-refractivity contribution in [1.29, 1.82) is 0 Å². The van der Waals surface area contributed by atoms with Crippen LogP contribution in [0.1, 0.15) is 74.1 Å². The normalized spacial score (nSPS) is 12.6. The number of rotatable bonds is 8. The maximum absolute atomic E-state index is 2.59. The van der Waals surface area contributed by atoms with Gasteiger partial charge in [0.15, 0.2) is 0 Å². The van der Waals surface area contributed by atoms with E-state index >= 15 is 0 Å². The predicted molar refractivity (Wildman–Crippen MR) is 77.0 cm³/mol. The van der Waals surface area contributed by atoms with Crippen molar-refractivity contribution in [2.45, 2.75) is 80.2 Å². The van der Waals surface area contributed by atoms with Gasteiger partial charge in [0.2, 0.25) is 0 Å². The molecular weight excluding hydrogens is 194 g/mol. The molecule has 0 fully saturated rings. The van der Waals surface area contributed by atoms with E-state index in [4.69, 9.17) is 0 Å². The quantitative estimate of drug-likeness (QED) is 0.568. The van der Waals surface area contributed by atoms with Crippen LogP contribution in [0.3, 0.4) is 0 Å². The zero-order valence-corrected chi connectivity index (χ0v) is 12.8. The highest BCUT2D eigenvalue weighted by atomic mass is 15.1. The van der Waals surface area contributed by atoms with Crippen molar-refractivity contribution < 1.29 is 0 Å². The number of unbranched alkanes of at least 4 members (excludes halogenated alkanes) is 1. The van der Waals surface area contributed by atoms with Gasteiger partial charge in [-0.05, 0) is 32.7 Å². The Labute approximate surface area is 105 Å². The number of hydrogen-bond donors (Lipinski definition) is 0. The highest BCUT2D eigenvalue weighted by Crippen LogP contribution is 2.15. The van der Waals surface area contributed by atoms with Crippen LogP contribution in [0.5, 0.6) is 0 Å². The third kappa shape index (κ3) is 9.21. The van der Waals surface area contributed by atoms with Crippen molar-refractivity contribution in [1.82, 2.24) is 4.90 Å². The molecule has 0 amide bonds. The zero-order valence-electron chi connectivity index (χ0n) is 12.8. The van der Waals surface area contributed by atoms with Gasteiger partial charge in [0.05, 0.1) is 0 Å². The highest BCUT2D eigenvalue weighted by Gasteiger charge is 2.13. The van der Waals surface area contributed by atoms with Crippen molar-refractivity contribution in [3.63, 3.8) is 0 Å². The zero-order chi connectivity index (χ0) is 13.0. The largest absolute Gasteiger partial charge is 0.301 e. The Bertz CT molecular complexity index is 121. The van der Waals surface area contributed by atoms with Crippen LogP contribution in [0.15, 0.2) is 0 Å². The van der Waals surface area contributed by atoms with Gasteiger partial charge in [-0.2, -0.15) is 0 Å². The van der Waals surface area contributed by atoms with Crippen LogP contribution in [0.25, 0.3) is 0 Å². The second kappa shape index (κ2) is 13.0. The van der Waals surface area contributed by atoms with E-state index in [-0.39, 0.29) is 0 Å². The summed E-state index contributed by atoms with van der Waals surface area (Å²) in [6.07, 6.45) is 5.48. The van der Waals surface area contributed by atoms with Gasteiger partial charge in [-0.15, -0.1) is 0 Å². The first-order chi connectivity index (χ1) is 7.65. The van der Waals surface area contributed by atoms with Gasteiger partial charge in [0, 0.05) is 12.6 Å². The molecule has 0 N–H and O–H groups in total. The molecule has 0 rings (SSSR count). The predicted octanol–water partition coefficient (Wildman–Crippen LogP) is 4.96. The molecule has 0 saturated heterocycles. The lowest BCUT2D eigenvalue weighted by molar-refractivity contribution is 0.187. The monoisotopic (exact) mass is 229 g/mol. The van der Waals surface area contributed by atoms with Crippen LogP contribution < -0.4 is 0 Å². The first-order valence-corrected chi connectivity index (χ1v) is 7.39. The Morgan fingerprint density at radius 1 is 1.00 bits per heavy atom. The molecule has 100 valence electrons. The second-order valence-electron chi connectivity index (χ2n) is 4.60. The fourth-order valence-electron chi connectivity index (χ4n) is 1.95. The summed E-state index contributed by atoms with van der Waals surface area (Å²) in [7, 11) is 0. The van der Waals surface area contributed by atoms with Crippen LogP contribution in [0.4, 0.5) is 0 Å². The van der Waals surface area contributed by atoms with Gasteiger partial charge in [0.1, 0.15) is 0 Å². The smallest absolute Gasteiger partial charge is 0.00385 e. The average Bonchev–Trinajstić information content (AvgIpc) is 2.31.